The molecule has 0 saturated carbocycles. The molecule has 1 saturated heterocycles. The normalized spacial score (nSPS) is 17.0. The molecule has 0 bridgehead atoms. The molecule has 3 rings (SSSR count). The van der Waals surface area contributed by atoms with Crippen molar-refractivity contribution in [2.45, 2.75) is 47.6 Å². The molecule has 0 spiro atoms. The summed E-state index contributed by atoms with van der Waals surface area (Å²) >= 11 is 0. The second-order valence-corrected chi connectivity index (χ2v) is 7.90. The zero-order valence-corrected chi connectivity index (χ0v) is 19.0. The molecule has 1 aromatic carbocycles. The van der Waals surface area contributed by atoms with Gasteiger partial charge in [0.25, 0.3) is 0 Å². The van der Waals surface area contributed by atoms with Crippen LogP contribution in [0.2, 0.25) is 0 Å². The second-order valence-electron chi connectivity index (χ2n) is 7.90. The molecule has 2 aromatic rings. The third-order valence-corrected chi connectivity index (χ3v) is 6.08. The highest BCUT2D eigenvalue weighted by Gasteiger charge is 2.20. The molecule has 1 aliphatic rings. The third-order valence-electron chi connectivity index (χ3n) is 6.08. The van der Waals surface area contributed by atoms with Gasteiger partial charge >= 0.3 is 0 Å². The minimum atomic E-state index is 0.755. The average Bonchev–Trinajstić information content (AvgIpc) is 2.80. The Kier molecular flexibility index (Phi) is 7.63. The minimum Gasteiger partial charge on any atom is -0.380 e. The van der Waals surface area contributed by atoms with E-state index in [2.05, 4.69) is 78.3 Å². The number of allylic oxidation sites excluding steroid dienone is 4. The van der Waals surface area contributed by atoms with Gasteiger partial charge in [-0.3, -0.25) is 9.97 Å². The molecule has 0 aliphatic carbocycles. The highest BCUT2D eigenvalue weighted by molar-refractivity contribution is 5.74. The smallest absolute Gasteiger partial charge is 0.0890 e. The molecule has 0 unspecified atom stereocenters. The van der Waals surface area contributed by atoms with Gasteiger partial charge < -0.3 is 15.5 Å². The summed E-state index contributed by atoms with van der Waals surface area (Å²) in [6.45, 7) is 16.0. The van der Waals surface area contributed by atoms with Crippen molar-refractivity contribution >= 4 is 11.0 Å². The Bertz CT molecular complexity index is 964. The average molecular weight is 406 g/mol. The number of hydrogen-bond donors (Lipinski definition) is 2. The molecule has 1 aliphatic heterocycles. The molecule has 1 aromatic heterocycles. The molecule has 0 radical (unpaired) electrons. The van der Waals surface area contributed by atoms with Crippen LogP contribution in [-0.4, -0.2) is 41.0 Å². The summed E-state index contributed by atoms with van der Waals surface area (Å²) in [6.07, 6.45) is 6.77. The summed E-state index contributed by atoms with van der Waals surface area (Å²) in [5.41, 5.74) is 9.79. The Morgan fingerprint density at radius 2 is 1.77 bits per heavy atom. The van der Waals surface area contributed by atoms with Crippen LogP contribution in [-0.2, 0) is 6.54 Å². The topological polar surface area (TPSA) is 53.1 Å². The van der Waals surface area contributed by atoms with Crippen LogP contribution in [0.5, 0.6) is 0 Å². The molecular weight excluding hydrogens is 370 g/mol. The SMILES string of the molecule is C\C=C(NCc1ccc2nccnc2c1)/C(=C(C)\C(C)=C(/C)CC)N1CCNCC1. The van der Waals surface area contributed by atoms with Crippen LogP contribution in [0.15, 0.2) is 64.8 Å². The zero-order valence-electron chi connectivity index (χ0n) is 19.0. The summed E-state index contributed by atoms with van der Waals surface area (Å²) in [5, 5.41) is 7.19. The van der Waals surface area contributed by atoms with E-state index in [4.69, 9.17) is 0 Å². The van der Waals surface area contributed by atoms with Gasteiger partial charge in [-0.05, 0) is 63.0 Å². The summed E-state index contributed by atoms with van der Waals surface area (Å²) in [4.78, 5) is 11.3. The Morgan fingerprint density at radius 1 is 1.07 bits per heavy atom. The molecule has 5 heteroatoms. The first-order valence-corrected chi connectivity index (χ1v) is 11.0. The minimum absolute atomic E-state index is 0.755. The summed E-state index contributed by atoms with van der Waals surface area (Å²) in [6, 6.07) is 6.30. The highest BCUT2D eigenvalue weighted by Crippen LogP contribution is 2.26. The number of rotatable bonds is 7. The van der Waals surface area contributed by atoms with Crippen LogP contribution in [0.1, 0.15) is 46.6 Å². The quantitative estimate of drug-likeness (QED) is 0.662. The molecule has 30 heavy (non-hydrogen) atoms. The van der Waals surface area contributed by atoms with Crippen LogP contribution in [0.4, 0.5) is 0 Å². The number of benzene rings is 1. The van der Waals surface area contributed by atoms with Crippen molar-refractivity contribution in [3.8, 4) is 0 Å². The lowest BCUT2D eigenvalue weighted by molar-refractivity contribution is 0.298. The highest BCUT2D eigenvalue weighted by atomic mass is 15.2. The van der Waals surface area contributed by atoms with Crippen LogP contribution in [0, 0.1) is 0 Å². The zero-order chi connectivity index (χ0) is 21.5. The summed E-state index contributed by atoms with van der Waals surface area (Å²) in [5.74, 6) is 0. The van der Waals surface area contributed by atoms with Crippen molar-refractivity contribution in [3.05, 3.63) is 70.3 Å². The molecule has 2 heterocycles. The van der Waals surface area contributed by atoms with Gasteiger partial charge in [0.05, 0.1) is 22.4 Å². The largest absolute Gasteiger partial charge is 0.380 e. The van der Waals surface area contributed by atoms with Gasteiger partial charge in [0.15, 0.2) is 0 Å². The van der Waals surface area contributed by atoms with Crippen LogP contribution < -0.4 is 10.6 Å². The van der Waals surface area contributed by atoms with Gasteiger partial charge in [-0.1, -0.05) is 24.6 Å². The molecule has 0 atom stereocenters. The van der Waals surface area contributed by atoms with E-state index in [-0.39, 0.29) is 0 Å². The van der Waals surface area contributed by atoms with Gasteiger partial charge in [0.1, 0.15) is 0 Å². The van der Waals surface area contributed by atoms with Crippen molar-refractivity contribution in [2.75, 3.05) is 26.2 Å². The predicted octanol–water partition coefficient (Wildman–Crippen LogP) is 4.55. The van der Waals surface area contributed by atoms with Gasteiger partial charge in [-0.25, -0.2) is 0 Å². The molecule has 0 amide bonds. The van der Waals surface area contributed by atoms with E-state index >= 15 is 0 Å². The van der Waals surface area contributed by atoms with E-state index in [0.29, 0.717) is 0 Å². The van der Waals surface area contributed by atoms with Crippen LogP contribution in [0.25, 0.3) is 11.0 Å². The Balaban J connectivity index is 1.89. The van der Waals surface area contributed by atoms with Crippen molar-refractivity contribution in [3.63, 3.8) is 0 Å². The molecule has 160 valence electrons. The molecule has 1 fully saturated rings. The maximum atomic E-state index is 4.44. The van der Waals surface area contributed by atoms with Gasteiger partial charge in [-0.2, -0.15) is 0 Å². The number of nitrogens with one attached hydrogen (secondary N) is 2. The van der Waals surface area contributed by atoms with Crippen LogP contribution >= 0.6 is 0 Å². The lowest BCUT2D eigenvalue weighted by Gasteiger charge is -2.35. The molecule has 5 nitrogen and oxygen atoms in total. The number of hydrogen-bond acceptors (Lipinski definition) is 5. The van der Waals surface area contributed by atoms with Crippen molar-refractivity contribution in [2.24, 2.45) is 0 Å². The maximum absolute atomic E-state index is 4.44. The first kappa shape index (κ1) is 22.0. The van der Waals surface area contributed by atoms with Crippen molar-refractivity contribution in [1.82, 2.24) is 25.5 Å². The lowest BCUT2D eigenvalue weighted by Crippen LogP contribution is -2.44. The van der Waals surface area contributed by atoms with Crippen molar-refractivity contribution < 1.29 is 0 Å². The lowest BCUT2D eigenvalue weighted by atomic mass is 9.98. The predicted molar refractivity (Wildman–Crippen MR) is 126 cm³/mol. The number of piperazine rings is 1. The monoisotopic (exact) mass is 405 g/mol. The Hall–Kier alpha value is -2.66. The van der Waals surface area contributed by atoms with E-state index in [1.807, 2.05) is 6.07 Å². The van der Waals surface area contributed by atoms with E-state index < -0.39 is 0 Å². The number of fused-ring (bicyclic) bond motifs is 1. The number of aromatic nitrogens is 2. The standard InChI is InChI=1S/C25H35N5/c1-6-18(3)19(4)20(5)25(30-14-12-26-13-15-30)22(7-2)29-17-21-8-9-23-24(16-21)28-11-10-27-23/h7-11,16,26,29H,6,12-15,17H2,1-5H3/b19-18+,22-7+,25-20+. The van der Waals surface area contributed by atoms with Crippen molar-refractivity contribution in [1.29, 1.82) is 0 Å². The fourth-order valence-corrected chi connectivity index (χ4v) is 3.90. The van der Waals surface area contributed by atoms with Gasteiger partial charge in [0, 0.05) is 45.1 Å². The molecule has 2 N–H and O–H groups in total. The third kappa shape index (κ3) is 5.08. The Morgan fingerprint density at radius 3 is 2.43 bits per heavy atom. The van der Waals surface area contributed by atoms with E-state index in [1.165, 1.54) is 33.7 Å². The maximum Gasteiger partial charge on any atom is 0.0890 e. The summed E-state index contributed by atoms with van der Waals surface area (Å²) < 4.78 is 0. The summed E-state index contributed by atoms with van der Waals surface area (Å²) in [7, 11) is 0. The van der Waals surface area contributed by atoms with E-state index in [9.17, 15) is 0 Å². The Labute approximate surface area is 181 Å². The first-order chi connectivity index (χ1) is 14.5. The van der Waals surface area contributed by atoms with Gasteiger partial charge in [-0.15, -0.1) is 0 Å². The van der Waals surface area contributed by atoms with Gasteiger partial charge in [0.2, 0.25) is 0 Å². The second kappa shape index (κ2) is 10.4. The van der Waals surface area contributed by atoms with E-state index in [1.54, 1.807) is 12.4 Å². The van der Waals surface area contributed by atoms with Crippen LogP contribution in [0.3, 0.4) is 0 Å². The number of nitrogens with zero attached hydrogens (tertiary/aromatic N) is 3. The van der Waals surface area contributed by atoms with E-state index in [0.717, 1.165) is 50.2 Å². The fourth-order valence-electron chi connectivity index (χ4n) is 3.90. The first-order valence-electron chi connectivity index (χ1n) is 11.0. The molecular formula is C25H35N5. The fraction of sp³-hybridized carbons (Fsp3) is 0.440.